The van der Waals surface area contributed by atoms with Crippen LogP contribution in [-0.2, 0) is 16.6 Å². The summed E-state index contributed by atoms with van der Waals surface area (Å²) in [6.07, 6.45) is 5.20. The van der Waals surface area contributed by atoms with Gasteiger partial charge < -0.3 is 14.6 Å². The first-order valence-electron chi connectivity index (χ1n) is 6.23. The maximum Gasteiger partial charge on any atom is 0.250 e. The topological polar surface area (TPSA) is 60.3 Å². The minimum Gasteiger partial charge on any atom is -0.378 e. The van der Waals surface area contributed by atoms with E-state index in [1.54, 1.807) is 19.3 Å². The quantitative estimate of drug-likeness (QED) is 0.875. The second kappa shape index (κ2) is 5.82. The number of aryl methyl sites for hydroxylation is 1. The van der Waals surface area contributed by atoms with Gasteiger partial charge in [0.1, 0.15) is 0 Å². The van der Waals surface area contributed by atoms with E-state index in [1.807, 2.05) is 0 Å². The summed E-state index contributed by atoms with van der Waals surface area (Å²) >= 11 is 0. The molecule has 1 fully saturated rings. The van der Waals surface area contributed by atoms with Crippen molar-refractivity contribution in [3.63, 3.8) is 0 Å². The van der Waals surface area contributed by atoms with Crippen molar-refractivity contribution in [2.24, 2.45) is 7.05 Å². The van der Waals surface area contributed by atoms with Crippen molar-refractivity contribution in [2.75, 3.05) is 11.9 Å². The molecule has 1 N–H and O–H groups in total. The minimum absolute atomic E-state index is 0.0378. The first-order chi connectivity index (χ1) is 8.65. The van der Waals surface area contributed by atoms with Crippen LogP contribution in [0.4, 0.5) is 5.69 Å². The lowest BCUT2D eigenvalue weighted by Crippen LogP contribution is -2.19. The maximum absolute atomic E-state index is 11.7. The fraction of sp³-hybridized carbons (Fsp3) is 0.538. The summed E-state index contributed by atoms with van der Waals surface area (Å²) in [7, 11) is 1.66. The van der Waals surface area contributed by atoms with Crippen LogP contribution in [0.1, 0.15) is 25.7 Å². The summed E-state index contributed by atoms with van der Waals surface area (Å²) in [5.74, 6) is -0.0378. The van der Waals surface area contributed by atoms with Crippen LogP contribution in [0.2, 0.25) is 0 Å². The SMILES string of the molecule is Cn1cc(NC(=O)CCC2CCCO2)ccc1=O. The third-order valence-electron chi connectivity index (χ3n) is 3.09. The van der Waals surface area contributed by atoms with E-state index < -0.39 is 0 Å². The number of rotatable bonds is 4. The molecule has 1 amide bonds. The number of amides is 1. The molecule has 5 nitrogen and oxygen atoms in total. The van der Waals surface area contributed by atoms with Gasteiger partial charge in [0.25, 0.3) is 0 Å². The number of hydrogen-bond acceptors (Lipinski definition) is 3. The Balaban J connectivity index is 1.82. The smallest absolute Gasteiger partial charge is 0.250 e. The van der Waals surface area contributed by atoms with Gasteiger partial charge in [0.05, 0.1) is 11.8 Å². The van der Waals surface area contributed by atoms with Crippen LogP contribution in [0.15, 0.2) is 23.1 Å². The van der Waals surface area contributed by atoms with E-state index in [1.165, 1.54) is 10.6 Å². The average molecular weight is 250 g/mol. The van der Waals surface area contributed by atoms with E-state index in [0.717, 1.165) is 25.9 Å². The molecule has 98 valence electrons. The molecular formula is C13H18N2O3. The van der Waals surface area contributed by atoms with Crippen LogP contribution in [-0.4, -0.2) is 23.2 Å². The molecule has 1 aliphatic heterocycles. The Kier molecular flexibility index (Phi) is 4.15. The summed E-state index contributed by atoms with van der Waals surface area (Å²) in [5.41, 5.74) is 0.557. The van der Waals surface area contributed by atoms with Gasteiger partial charge in [-0.25, -0.2) is 0 Å². The van der Waals surface area contributed by atoms with Crippen LogP contribution in [0.25, 0.3) is 0 Å². The van der Waals surface area contributed by atoms with E-state index in [9.17, 15) is 9.59 Å². The van der Waals surface area contributed by atoms with Gasteiger partial charge >= 0.3 is 0 Å². The van der Waals surface area contributed by atoms with Crippen molar-refractivity contribution in [1.29, 1.82) is 0 Å². The minimum atomic E-state index is -0.0904. The normalized spacial score (nSPS) is 18.8. The Morgan fingerprint density at radius 2 is 2.39 bits per heavy atom. The third-order valence-corrected chi connectivity index (χ3v) is 3.09. The average Bonchev–Trinajstić information content (AvgIpc) is 2.84. The molecule has 1 aromatic rings. The number of ether oxygens (including phenoxy) is 1. The number of carbonyl (C=O) groups excluding carboxylic acids is 1. The van der Waals surface area contributed by atoms with Crippen LogP contribution in [0, 0.1) is 0 Å². The highest BCUT2D eigenvalue weighted by molar-refractivity contribution is 5.90. The van der Waals surface area contributed by atoms with Crippen LogP contribution in [0.3, 0.4) is 0 Å². The third kappa shape index (κ3) is 3.43. The molecule has 0 spiro atoms. The number of nitrogens with one attached hydrogen (secondary N) is 1. The Hall–Kier alpha value is -1.62. The molecule has 5 heteroatoms. The van der Waals surface area contributed by atoms with Gasteiger partial charge in [-0.2, -0.15) is 0 Å². The zero-order valence-corrected chi connectivity index (χ0v) is 10.5. The van der Waals surface area contributed by atoms with E-state index in [4.69, 9.17) is 4.74 Å². The molecule has 1 atom stereocenters. The first kappa shape index (κ1) is 12.8. The highest BCUT2D eigenvalue weighted by Gasteiger charge is 2.16. The molecule has 0 bridgehead atoms. The molecule has 2 rings (SSSR count). The van der Waals surface area contributed by atoms with Gasteiger partial charge in [-0.15, -0.1) is 0 Å². The van der Waals surface area contributed by atoms with Crippen molar-refractivity contribution in [2.45, 2.75) is 31.8 Å². The zero-order chi connectivity index (χ0) is 13.0. The van der Waals surface area contributed by atoms with Gasteiger partial charge in [-0.1, -0.05) is 0 Å². The van der Waals surface area contributed by atoms with Gasteiger partial charge in [-0.3, -0.25) is 9.59 Å². The Morgan fingerprint density at radius 1 is 1.56 bits per heavy atom. The van der Waals surface area contributed by atoms with Gasteiger partial charge in [0.2, 0.25) is 11.5 Å². The maximum atomic E-state index is 11.7. The summed E-state index contributed by atoms with van der Waals surface area (Å²) in [4.78, 5) is 22.9. The Labute approximate surface area is 106 Å². The summed E-state index contributed by atoms with van der Waals surface area (Å²) in [6, 6.07) is 3.06. The van der Waals surface area contributed by atoms with Crippen molar-refractivity contribution in [3.8, 4) is 0 Å². The molecule has 1 unspecified atom stereocenters. The molecule has 0 saturated carbocycles. The van der Waals surface area contributed by atoms with E-state index >= 15 is 0 Å². The molecular weight excluding hydrogens is 232 g/mol. The highest BCUT2D eigenvalue weighted by atomic mass is 16.5. The van der Waals surface area contributed by atoms with Crippen LogP contribution < -0.4 is 10.9 Å². The van der Waals surface area contributed by atoms with Gasteiger partial charge in [-0.05, 0) is 25.3 Å². The number of hydrogen-bond donors (Lipinski definition) is 1. The lowest BCUT2D eigenvalue weighted by molar-refractivity contribution is -0.116. The molecule has 1 saturated heterocycles. The summed E-state index contributed by atoms with van der Waals surface area (Å²) < 4.78 is 6.90. The van der Waals surface area contributed by atoms with Crippen LogP contribution >= 0.6 is 0 Å². The first-order valence-corrected chi connectivity index (χ1v) is 6.23. The second-order valence-corrected chi connectivity index (χ2v) is 4.59. The molecule has 1 aromatic heterocycles. The highest BCUT2D eigenvalue weighted by Crippen LogP contribution is 2.17. The largest absolute Gasteiger partial charge is 0.378 e. The molecule has 0 aromatic carbocycles. The predicted octanol–water partition coefficient (Wildman–Crippen LogP) is 1.28. The van der Waals surface area contributed by atoms with E-state index in [-0.39, 0.29) is 17.6 Å². The molecule has 1 aliphatic rings. The standard InChI is InChI=1S/C13H18N2O3/c1-15-9-10(4-7-13(15)17)14-12(16)6-5-11-3-2-8-18-11/h4,7,9,11H,2-3,5-6,8H2,1H3,(H,14,16). The number of anilines is 1. The predicted molar refractivity (Wildman–Crippen MR) is 68.5 cm³/mol. The molecule has 2 heterocycles. The monoisotopic (exact) mass is 250 g/mol. The number of carbonyl (C=O) groups is 1. The number of aromatic nitrogens is 1. The Bertz CT molecular complexity index is 475. The molecule has 0 radical (unpaired) electrons. The van der Waals surface area contributed by atoms with Crippen LogP contribution in [0.5, 0.6) is 0 Å². The van der Waals surface area contributed by atoms with Crippen molar-refractivity contribution >= 4 is 11.6 Å². The number of pyridine rings is 1. The number of nitrogens with zero attached hydrogens (tertiary/aromatic N) is 1. The summed E-state index contributed by atoms with van der Waals surface area (Å²) in [5, 5.41) is 2.78. The fourth-order valence-electron chi connectivity index (χ4n) is 2.06. The molecule has 0 aliphatic carbocycles. The lowest BCUT2D eigenvalue weighted by Gasteiger charge is -2.09. The van der Waals surface area contributed by atoms with E-state index in [0.29, 0.717) is 12.1 Å². The zero-order valence-electron chi connectivity index (χ0n) is 10.5. The van der Waals surface area contributed by atoms with Gasteiger partial charge in [0, 0.05) is 32.3 Å². The molecule has 18 heavy (non-hydrogen) atoms. The van der Waals surface area contributed by atoms with Crippen molar-refractivity contribution in [3.05, 3.63) is 28.7 Å². The lowest BCUT2D eigenvalue weighted by atomic mass is 10.1. The van der Waals surface area contributed by atoms with Gasteiger partial charge in [0.15, 0.2) is 0 Å². The fourth-order valence-corrected chi connectivity index (χ4v) is 2.06. The van der Waals surface area contributed by atoms with E-state index in [2.05, 4.69) is 5.32 Å². The van der Waals surface area contributed by atoms with Crippen molar-refractivity contribution < 1.29 is 9.53 Å². The van der Waals surface area contributed by atoms with Crippen molar-refractivity contribution in [1.82, 2.24) is 4.57 Å². The summed E-state index contributed by atoms with van der Waals surface area (Å²) in [6.45, 7) is 0.813. The Morgan fingerprint density at radius 3 is 3.06 bits per heavy atom. The second-order valence-electron chi connectivity index (χ2n) is 4.59.